The molecule has 0 aliphatic rings. The van der Waals surface area contributed by atoms with E-state index in [2.05, 4.69) is 19.9 Å². The molecule has 0 saturated heterocycles. The van der Waals surface area contributed by atoms with E-state index < -0.39 is 5.97 Å². The normalized spacial score (nSPS) is 11.7. The van der Waals surface area contributed by atoms with Crippen LogP contribution in [0.5, 0.6) is 0 Å². The number of rotatable bonds is 34. The van der Waals surface area contributed by atoms with E-state index in [0.717, 1.165) is 18.4 Å². The van der Waals surface area contributed by atoms with Crippen molar-refractivity contribution in [3.05, 3.63) is 23.3 Å². The number of allylic oxidation sites excluding steroid dienone is 3. The first-order valence-corrected chi connectivity index (χ1v) is 19.2. The van der Waals surface area contributed by atoms with E-state index in [9.17, 15) is 4.79 Å². The van der Waals surface area contributed by atoms with E-state index in [4.69, 9.17) is 5.11 Å². The predicted molar refractivity (Wildman–Crippen MR) is 189 cm³/mol. The summed E-state index contributed by atoms with van der Waals surface area (Å²) in [5.41, 5.74) is 2.36. The van der Waals surface area contributed by atoms with Crippen LogP contribution in [0.15, 0.2) is 23.3 Å². The average Bonchev–Trinajstić information content (AvgIpc) is 2.96. The predicted octanol–water partition coefficient (Wildman–Crippen LogP) is 14.5. The highest BCUT2D eigenvalue weighted by atomic mass is 16.4. The van der Waals surface area contributed by atoms with Gasteiger partial charge in [-0.2, -0.15) is 0 Å². The standard InChI is InChI=1S/C40H76O2/c1-4-6-8-10-12-14-16-18-20-22-24-26-28-30-32-34-39(36-38(3)37-40(41)42)35-33-31-29-27-25-23-21-19-17-15-13-11-9-7-5-2/h36-37H,4-35H2,1-3H3,(H,41,42)/b38-37+. The highest BCUT2D eigenvalue weighted by Crippen LogP contribution is 2.21. The Labute approximate surface area is 265 Å². The van der Waals surface area contributed by atoms with Gasteiger partial charge in [-0.25, -0.2) is 4.79 Å². The van der Waals surface area contributed by atoms with Gasteiger partial charge in [-0.1, -0.05) is 205 Å². The minimum Gasteiger partial charge on any atom is -0.478 e. The highest BCUT2D eigenvalue weighted by molar-refractivity contribution is 5.81. The van der Waals surface area contributed by atoms with E-state index in [1.807, 2.05) is 6.92 Å². The third-order valence-electron chi connectivity index (χ3n) is 8.99. The molecule has 0 heterocycles. The molecule has 1 N–H and O–H groups in total. The molecule has 0 saturated carbocycles. The molecule has 248 valence electrons. The smallest absolute Gasteiger partial charge is 0.328 e. The van der Waals surface area contributed by atoms with Crippen molar-refractivity contribution in [2.45, 2.75) is 226 Å². The Balaban J connectivity index is 3.84. The van der Waals surface area contributed by atoms with Crippen molar-refractivity contribution in [1.82, 2.24) is 0 Å². The van der Waals surface area contributed by atoms with Crippen molar-refractivity contribution in [3.8, 4) is 0 Å². The lowest BCUT2D eigenvalue weighted by molar-refractivity contribution is -0.131. The van der Waals surface area contributed by atoms with Crippen LogP contribution in [-0.4, -0.2) is 11.1 Å². The molecule has 0 radical (unpaired) electrons. The molecule has 0 fully saturated rings. The minimum atomic E-state index is -0.831. The summed E-state index contributed by atoms with van der Waals surface area (Å²) < 4.78 is 0. The number of hydrogen-bond acceptors (Lipinski definition) is 1. The molecule has 0 aromatic rings. The number of carbonyl (C=O) groups is 1. The van der Waals surface area contributed by atoms with Gasteiger partial charge in [0.25, 0.3) is 0 Å². The molecule has 2 nitrogen and oxygen atoms in total. The zero-order valence-electron chi connectivity index (χ0n) is 29.1. The van der Waals surface area contributed by atoms with Crippen molar-refractivity contribution in [2.24, 2.45) is 0 Å². The lowest BCUT2D eigenvalue weighted by Crippen LogP contribution is -1.92. The maximum atomic E-state index is 11.1. The van der Waals surface area contributed by atoms with Gasteiger partial charge in [0.05, 0.1) is 0 Å². The second-order valence-corrected chi connectivity index (χ2v) is 13.4. The van der Waals surface area contributed by atoms with Gasteiger partial charge in [-0.3, -0.25) is 0 Å². The van der Waals surface area contributed by atoms with E-state index in [0.29, 0.717) is 0 Å². The van der Waals surface area contributed by atoms with Crippen LogP contribution < -0.4 is 0 Å². The monoisotopic (exact) mass is 589 g/mol. The molecular formula is C40H76O2. The van der Waals surface area contributed by atoms with Gasteiger partial charge in [0.2, 0.25) is 0 Å². The lowest BCUT2D eigenvalue weighted by atomic mass is 9.97. The summed E-state index contributed by atoms with van der Waals surface area (Å²) in [6.45, 7) is 6.52. The molecule has 0 amide bonds. The van der Waals surface area contributed by atoms with Crippen LogP contribution in [0, 0.1) is 0 Å². The SMILES string of the molecule is CCCCCCCCCCCCCCCCCC(=C/C(C)=C/C(=O)O)CCCCCCCCCCCCCCCCC. The van der Waals surface area contributed by atoms with Crippen LogP contribution in [0.25, 0.3) is 0 Å². The average molecular weight is 589 g/mol. The van der Waals surface area contributed by atoms with Crippen LogP contribution in [0.1, 0.15) is 226 Å². The fourth-order valence-electron chi connectivity index (χ4n) is 6.27. The largest absolute Gasteiger partial charge is 0.478 e. The fraction of sp³-hybridized carbons (Fsp3) is 0.875. The Morgan fingerprint density at radius 3 is 0.881 bits per heavy atom. The van der Waals surface area contributed by atoms with Crippen molar-refractivity contribution >= 4 is 5.97 Å². The van der Waals surface area contributed by atoms with Crippen molar-refractivity contribution in [2.75, 3.05) is 0 Å². The molecule has 2 heteroatoms. The Kier molecular flexibility index (Phi) is 33.6. The minimum absolute atomic E-state index is 0.831. The van der Waals surface area contributed by atoms with Crippen LogP contribution in [-0.2, 0) is 4.79 Å². The zero-order valence-corrected chi connectivity index (χ0v) is 29.1. The van der Waals surface area contributed by atoms with Crippen molar-refractivity contribution in [1.29, 1.82) is 0 Å². The third kappa shape index (κ3) is 33.5. The Morgan fingerprint density at radius 1 is 0.405 bits per heavy atom. The summed E-state index contributed by atoms with van der Waals surface area (Å²) in [4.78, 5) is 11.1. The summed E-state index contributed by atoms with van der Waals surface area (Å²) >= 11 is 0. The quantitative estimate of drug-likeness (QED) is 0.0461. The molecule has 0 unspecified atom stereocenters. The Morgan fingerprint density at radius 2 is 0.643 bits per heavy atom. The van der Waals surface area contributed by atoms with Crippen LogP contribution in [0.3, 0.4) is 0 Å². The molecule has 0 bridgehead atoms. The lowest BCUT2D eigenvalue weighted by Gasteiger charge is -2.09. The Bertz CT molecular complexity index is 581. The maximum Gasteiger partial charge on any atom is 0.328 e. The van der Waals surface area contributed by atoms with Crippen LogP contribution >= 0.6 is 0 Å². The van der Waals surface area contributed by atoms with E-state index in [1.165, 1.54) is 204 Å². The van der Waals surface area contributed by atoms with Gasteiger partial charge < -0.3 is 5.11 Å². The molecule has 0 aliphatic heterocycles. The van der Waals surface area contributed by atoms with Crippen molar-refractivity contribution < 1.29 is 9.90 Å². The molecule has 0 aliphatic carbocycles. The second kappa shape index (κ2) is 34.4. The number of unbranched alkanes of at least 4 members (excludes halogenated alkanes) is 28. The van der Waals surface area contributed by atoms with E-state index >= 15 is 0 Å². The van der Waals surface area contributed by atoms with Gasteiger partial charge in [0.15, 0.2) is 0 Å². The van der Waals surface area contributed by atoms with E-state index in [-0.39, 0.29) is 0 Å². The van der Waals surface area contributed by atoms with Gasteiger partial charge in [-0.05, 0) is 38.2 Å². The number of aliphatic carboxylic acids is 1. The van der Waals surface area contributed by atoms with Crippen molar-refractivity contribution in [3.63, 3.8) is 0 Å². The second-order valence-electron chi connectivity index (χ2n) is 13.4. The van der Waals surface area contributed by atoms with Gasteiger partial charge >= 0.3 is 5.97 Å². The number of hydrogen-bond donors (Lipinski definition) is 1. The number of carboxylic acids is 1. The highest BCUT2D eigenvalue weighted by Gasteiger charge is 2.02. The summed E-state index contributed by atoms with van der Waals surface area (Å²) in [6.07, 6.45) is 47.7. The third-order valence-corrected chi connectivity index (χ3v) is 8.99. The Hall–Kier alpha value is -1.05. The first kappa shape index (κ1) is 41.0. The summed E-state index contributed by atoms with van der Waals surface area (Å²) in [5, 5.41) is 9.12. The van der Waals surface area contributed by atoms with Gasteiger partial charge in [0, 0.05) is 6.08 Å². The van der Waals surface area contributed by atoms with Gasteiger partial charge in [-0.15, -0.1) is 0 Å². The van der Waals surface area contributed by atoms with Crippen LogP contribution in [0.4, 0.5) is 0 Å². The molecule has 0 atom stereocenters. The first-order chi connectivity index (χ1) is 20.6. The zero-order chi connectivity index (χ0) is 30.8. The van der Waals surface area contributed by atoms with E-state index in [1.54, 1.807) is 0 Å². The molecule has 0 rings (SSSR count). The molecular weight excluding hydrogens is 512 g/mol. The molecule has 42 heavy (non-hydrogen) atoms. The topological polar surface area (TPSA) is 37.3 Å². The summed E-state index contributed by atoms with van der Waals surface area (Å²) in [5.74, 6) is -0.831. The fourth-order valence-corrected chi connectivity index (χ4v) is 6.27. The van der Waals surface area contributed by atoms with Gasteiger partial charge in [0.1, 0.15) is 0 Å². The first-order valence-electron chi connectivity index (χ1n) is 19.2. The summed E-state index contributed by atoms with van der Waals surface area (Å²) in [7, 11) is 0. The summed E-state index contributed by atoms with van der Waals surface area (Å²) in [6, 6.07) is 0. The van der Waals surface area contributed by atoms with Crippen LogP contribution in [0.2, 0.25) is 0 Å². The molecule has 0 spiro atoms. The number of carboxylic acid groups (broad SMARTS) is 1. The molecule has 0 aromatic heterocycles. The molecule has 0 aromatic carbocycles. The maximum absolute atomic E-state index is 11.1.